The van der Waals surface area contributed by atoms with Gasteiger partial charge in [0.25, 0.3) is 0 Å². The summed E-state index contributed by atoms with van der Waals surface area (Å²) in [5.74, 6) is 0.172. The zero-order valence-corrected chi connectivity index (χ0v) is 21.3. The Hall–Kier alpha value is -5.10. The van der Waals surface area contributed by atoms with E-state index in [4.69, 9.17) is 4.98 Å². The predicted octanol–water partition coefficient (Wildman–Crippen LogP) is 7.23. The van der Waals surface area contributed by atoms with Crippen LogP contribution in [0.3, 0.4) is 0 Å². The van der Waals surface area contributed by atoms with E-state index in [1.54, 1.807) is 0 Å². The molecule has 2 atom stereocenters. The summed E-state index contributed by atoms with van der Waals surface area (Å²) in [5, 5.41) is 1.06. The molecule has 0 N–H and O–H groups in total. The van der Waals surface area contributed by atoms with Crippen molar-refractivity contribution in [2.24, 2.45) is 4.99 Å². The number of fused-ring (bicyclic) bond motifs is 6. The molecule has 0 radical (unpaired) electrons. The highest BCUT2D eigenvalue weighted by molar-refractivity contribution is 6.06. The molecular formula is C33H24N6. The SMILES string of the molecule is CC12C=NC=CC1c1ncccc1N2c1ccc(-c2ccc(-n3c4ccncc4c4ncccc43)cc2)cc1. The van der Waals surface area contributed by atoms with Gasteiger partial charge in [0.2, 0.25) is 0 Å². The molecule has 6 heteroatoms. The molecule has 0 aliphatic carbocycles. The molecular weight excluding hydrogens is 480 g/mol. The smallest absolute Gasteiger partial charge is 0.0978 e. The van der Waals surface area contributed by atoms with E-state index in [1.165, 1.54) is 11.1 Å². The van der Waals surface area contributed by atoms with Crippen molar-refractivity contribution in [3.8, 4) is 16.8 Å². The van der Waals surface area contributed by atoms with Crippen LogP contribution in [0, 0.1) is 0 Å². The molecule has 6 nitrogen and oxygen atoms in total. The molecule has 2 unspecified atom stereocenters. The van der Waals surface area contributed by atoms with Crippen LogP contribution in [0.2, 0.25) is 0 Å². The van der Waals surface area contributed by atoms with Crippen LogP contribution >= 0.6 is 0 Å². The lowest BCUT2D eigenvalue weighted by Crippen LogP contribution is -2.45. The van der Waals surface area contributed by atoms with Crippen molar-refractivity contribution >= 4 is 39.5 Å². The molecule has 2 aliphatic rings. The lowest BCUT2D eigenvalue weighted by Gasteiger charge is -2.38. The van der Waals surface area contributed by atoms with Crippen LogP contribution < -0.4 is 4.90 Å². The van der Waals surface area contributed by atoms with E-state index in [-0.39, 0.29) is 11.5 Å². The van der Waals surface area contributed by atoms with Gasteiger partial charge < -0.3 is 9.47 Å². The number of anilines is 2. The maximum atomic E-state index is 4.73. The molecule has 8 rings (SSSR count). The van der Waals surface area contributed by atoms with E-state index in [0.29, 0.717) is 0 Å². The first-order valence-electron chi connectivity index (χ1n) is 13.1. The molecule has 0 fully saturated rings. The van der Waals surface area contributed by atoms with E-state index in [1.807, 2.05) is 55.4 Å². The zero-order valence-electron chi connectivity index (χ0n) is 21.3. The van der Waals surface area contributed by atoms with Crippen molar-refractivity contribution in [3.63, 3.8) is 0 Å². The van der Waals surface area contributed by atoms with E-state index < -0.39 is 0 Å². The van der Waals surface area contributed by atoms with Gasteiger partial charge in [-0.1, -0.05) is 30.3 Å². The molecule has 39 heavy (non-hydrogen) atoms. The Balaban J connectivity index is 1.16. The van der Waals surface area contributed by atoms with Crippen molar-refractivity contribution in [1.82, 2.24) is 19.5 Å². The van der Waals surface area contributed by atoms with Crippen LogP contribution in [0.1, 0.15) is 18.5 Å². The van der Waals surface area contributed by atoms with Gasteiger partial charge >= 0.3 is 0 Å². The summed E-state index contributed by atoms with van der Waals surface area (Å²) in [5.41, 5.74) is 9.64. The number of benzene rings is 2. The number of aliphatic imine (C=N–C) groups is 1. The van der Waals surface area contributed by atoms with Crippen molar-refractivity contribution in [2.75, 3.05) is 4.90 Å². The highest BCUT2D eigenvalue weighted by Gasteiger charge is 2.48. The van der Waals surface area contributed by atoms with E-state index >= 15 is 0 Å². The topological polar surface area (TPSA) is 59.2 Å². The van der Waals surface area contributed by atoms with Crippen LogP contribution in [-0.4, -0.2) is 31.3 Å². The summed E-state index contributed by atoms with van der Waals surface area (Å²) >= 11 is 0. The quantitative estimate of drug-likeness (QED) is 0.255. The number of nitrogens with zero attached hydrogens (tertiary/aromatic N) is 6. The zero-order chi connectivity index (χ0) is 26.0. The molecule has 0 bridgehead atoms. The standard InChI is InChI=1S/C33H24N6/c1-33-21-35-18-14-27(33)32-30(5-3-17-37-32)39(33)25-12-8-23(9-13-25)22-6-10-24(11-7-22)38-28-15-19-34-20-26(28)31-29(38)4-2-16-36-31/h2-21,27H,1H3. The van der Waals surface area contributed by atoms with Crippen molar-refractivity contribution in [1.29, 1.82) is 0 Å². The first kappa shape index (κ1) is 21.9. The van der Waals surface area contributed by atoms with E-state index in [9.17, 15) is 0 Å². The molecule has 4 aromatic heterocycles. The molecule has 0 saturated heterocycles. The third-order valence-electron chi connectivity index (χ3n) is 8.07. The van der Waals surface area contributed by atoms with Gasteiger partial charge in [0.15, 0.2) is 0 Å². The lowest BCUT2D eigenvalue weighted by molar-refractivity contribution is 0.582. The number of aromatic nitrogens is 4. The Labute approximate surface area is 225 Å². The Morgan fingerprint density at radius 2 is 1.49 bits per heavy atom. The number of hydrogen-bond acceptors (Lipinski definition) is 5. The first-order valence-corrected chi connectivity index (χ1v) is 13.1. The van der Waals surface area contributed by atoms with Gasteiger partial charge in [-0.3, -0.25) is 19.9 Å². The Kier molecular flexibility index (Phi) is 4.61. The Bertz CT molecular complexity index is 1880. The van der Waals surface area contributed by atoms with Gasteiger partial charge in [0.1, 0.15) is 0 Å². The van der Waals surface area contributed by atoms with Crippen LogP contribution in [0.4, 0.5) is 11.4 Å². The monoisotopic (exact) mass is 504 g/mol. The highest BCUT2D eigenvalue weighted by atomic mass is 15.3. The normalized spacial score (nSPS) is 19.5. The number of rotatable bonds is 3. The summed E-state index contributed by atoms with van der Waals surface area (Å²) in [7, 11) is 0. The molecule has 2 aromatic carbocycles. The van der Waals surface area contributed by atoms with Gasteiger partial charge in [0, 0.05) is 54.0 Å². The average Bonchev–Trinajstić information content (AvgIpc) is 3.47. The van der Waals surface area contributed by atoms with E-state index in [0.717, 1.165) is 44.7 Å². The lowest BCUT2D eigenvalue weighted by atomic mass is 9.85. The van der Waals surface area contributed by atoms with Crippen LogP contribution in [0.15, 0.2) is 121 Å². The molecule has 6 heterocycles. The van der Waals surface area contributed by atoms with Crippen molar-refractivity contribution in [2.45, 2.75) is 18.4 Å². The van der Waals surface area contributed by atoms with Gasteiger partial charge in [-0.15, -0.1) is 0 Å². The molecule has 2 aliphatic heterocycles. The minimum atomic E-state index is -0.290. The number of pyridine rings is 3. The maximum Gasteiger partial charge on any atom is 0.0978 e. The molecule has 0 spiro atoms. The Morgan fingerprint density at radius 3 is 2.31 bits per heavy atom. The first-order chi connectivity index (χ1) is 19.2. The van der Waals surface area contributed by atoms with Gasteiger partial charge in [0.05, 0.1) is 39.4 Å². The van der Waals surface area contributed by atoms with Crippen molar-refractivity contribution in [3.05, 3.63) is 122 Å². The van der Waals surface area contributed by atoms with Crippen molar-refractivity contribution < 1.29 is 0 Å². The van der Waals surface area contributed by atoms with E-state index in [2.05, 4.69) is 98.1 Å². The second-order valence-corrected chi connectivity index (χ2v) is 10.3. The highest BCUT2D eigenvalue weighted by Crippen LogP contribution is 2.51. The predicted molar refractivity (Wildman–Crippen MR) is 157 cm³/mol. The molecule has 186 valence electrons. The Morgan fingerprint density at radius 1 is 0.744 bits per heavy atom. The maximum absolute atomic E-state index is 4.73. The van der Waals surface area contributed by atoms with Crippen LogP contribution in [0.25, 0.3) is 38.8 Å². The summed E-state index contributed by atoms with van der Waals surface area (Å²) in [4.78, 5) is 20.6. The summed E-state index contributed by atoms with van der Waals surface area (Å²) in [6.07, 6.45) is 13.5. The molecule has 0 amide bonds. The minimum absolute atomic E-state index is 0.172. The molecule has 0 saturated carbocycles. The summed E-state index contributed by atoms with van der Waals surface area (Å²) in [6, 6.07) is 27.8. The fourth-order valence-electron chi connectivity index (χ4n) is 6.25. The van der Waals surface area contributed by atoms with Gasteiger partial charge in [-0.2, -0.15) is 0 Å². The van der Waals surface area contributed by atoms with Crippen LogP contribution in [0.5, 0.6) is 0 Å². The minimum Gasteiger partial charge on any atom is -0.328 e. The fourth-order valence-corrected chi connectivity index (χ4v) is 6.25. The summed E-state index contributed by atoms with van der Waals surface area (Å²) in [6.45, 7) is 2.24. The largest absolute Gasteiger partial charge is 0.328 e. The fraction of sp³-hybridized carbons (Fsp3) is 0.0909. The second kappa shape index (κ2) is 8.20. The summed E-state index contributed by atoms with van der Waals surface area (Å²) < 4.78 is 2.25. The third-order valence-corrected chi connectivity index (χ3v) is 8.07. The number of hydrogen-bond donors (Lipinski definition) is 0. The van der Waals surface area contributed by atoms with Gasteiger partial charge in [-0.25, -0.2) is 0 Å². The van der Waals surface area contributed by atoms with Gasteiger partial charge in [-0.05, 0) is 72.6 Å². The third kappa shape index (κ3) is 3.15. The average molecular weight is 505 g/mol. The van der Waals surface area contributed by atoms with Crippen LogP contribution in [-0.2, 0) is 0 Å². The molecule has 6 aromatic rings. The second-order valence-electron chi connectivity index (χ2n) is 10.3.